The molecule has 0 atom stereocenters. The fourth-order valence-corrected chi connectivity index (χ4v) is 3.62. The van der Waals surface area contributed by atoms with Crippen LogP contribution in [0.4, 0.5) is 10.1 Å². The molecule has 0 spiro atoms. The van der Waals surface area contributed by atoms with Crippen LogP contribution in [0.25, 0.3) is 0 Å². The van der Waals surface area contributed by atoms with Gasteiger partial charge in [-0.05, 0) is 61.7 Å². The number of ether oxygens (including phenoxy) is 2. The third-order valence-electron chi connectivity index (χ3n) is 5.29. The summed E-state index contributed by atoms with van der Waals surface area (Å²) in [6.45, 7) is 2.34. The number of nitro benzene ring substituents is 1. The van der Waals surface area contributed by atoms with Gasteiger partial charge in [-0.2, -0.15) is 0 Å². The van der Waals surface area contributed by atoms with E-state index in [-0.39, 0.29) is 29.6 Å². The van der Waals surface area contributed by atoms with E-state index in [2.05, 4.69) is 4.90 Å². The van der Waals surface area contributed by atoms with Gasteiger partial charge in [0.15, 0.2) is 17.3 Å². The fraction of sp³-hybridized carbons (Fsp3) is 0.409. The molecule has 1 aliphatic rings. The molecule has 1 saturated heterocycles. The molecular weight excluding hydrogens is 391 g/mol. The van der Waals surface area contributed by atoms with Crippen molar-refractivity contribution in [1.29, 1.82) is 0 Å². The van der Waals surface area contributed by atoms with E-state index in [1.54, 1.807) is 6.07 Å². The molecule has 7 nitrogen and oxygen atoms in total. The highest BCUT2D eigenvalue weighted by Crippen LogP contribution is 2.24. The van der Waals surface area contributed by atoms with Crippen LogP contribution >= 0.6 is 0 Å². The van der Waals surface area contributed by atoms with Crippen LogP contribution in [0.1, 0.15) is 24.8 Å². The third-order valence-corrected chi connectivity index (χ3v) is 5.29. The van der Waals surface area contributed by atoms with Crippen molar-refractivity contribution in [3.05, 3.63) is 64.0 Å². The van der Waals surface area contributed by atoms with Crippen LogP contribution in [0.5, 0.6) is 11.5 Å². The molecule has 0 amide bonds. The van der Waals surface area contributed by atoms with E-state index in [9.17, 15) is 19.3 Å². The summed E-state index contributed by atoms with van der Waals surface area (Å²) in [6.07, 6.45) is 2.27. The molecule has 0 bridgehead atoms. The van der Waals surface area contributed by atoms with Gasteiger partial charge < -0.3 is 9.47 Å². The average Bonchev–Trinajstić information content (AvgIpc) is 2.74. The molecular formula is C22H25FN2O5. The summed E-state index contributed by atoms with van der Waals surface area (Å²) in [6, 6.07) is 10.7. The van der Waals surface area contributed by atoms with Crippen LogP contribution in [0, 0.1) is 21.8 Å². The monoisotopic (exact) mass is 416 g/mol. The lowest BCUT2D eigenvalue weighted by Crippen LogP contribution is -2.34. The molecule has 160 valence electrons. The van der Waals surface area contributed by atoms with Gasteiger partial charge in [0.05, 0.1) is 12.0 Å². The summed E-state index contributed by atoms with van der Waals surface area (Å²) in [5, 5.41) is 10.7. The van der Waals surface area contributed by atoms with E-state index in [0.717, 1.165) is 31.5 Å². The first-order chi connectivity index (χ1) is 14.4. The highest BCUT2D eigenvalue weighted by molar-refractivity contribution is 5.80. The number of piperidine rings is 1. The minimum atomic E-state index is -0.480. The molecule has 2 aromatic rings. The summed E-state index contributed by atoms with van der Waals surface area (Å²) < 4.78 is 24.2. The third kappa shape index (κ3) is 6.00. The maximum atomic E-state index is 13.8. The summed E-state index contributed by atoms with van der Waals surface area (Å²) >= 11 is 0. The number of halogens is 1. The van der Waals surface area contributed by atoms with Gasteiger partial charge in [0, 0.05) is 25.1 Å². The molecule has 1 fully saturated rings. The molecule has 0 aromatic heterocycles. The largest absolute Gasteiger partial charge is 0.494 e. The van der Waals surface area contributed by atoms with Crippen LogP contribution in [0.2, 0.25) is 0 Å². The molecule has 3 rings (SSSR count). The predicted octanol–water partition coefficient (Wildman–Crippen LogP) is 3.99. The Morgan fingerprint density at radius 3 is 2.50 bits per heavy atom. The number of non-ortho nitro benzene ring substituents is 1. The van der Waals surface area contributed by atoms with E-state index in [1.807, 2.05) is 6.07 Å². The number of nitro groups is 1. The van der Waals surface area contributed by atoms with Crippen molar-refractivity contribution < 1.29 is 23.6 Å². The van der Waals surface area contributed by atoms with E-state index in [1.165, 1.54) is 37.4 Å². The quantitative estimate of drug-likeness (QED) is 0.454. The highest BCUT2D eigenvalue weighted by atomic mass is 19.1. The van der Waals surface area contributed by atoms with Gasteiger partial charge in [-0.15, -0.1) is 0 Å². The number of Topliss-reactive ketones (excluding diaryl/α,β-unsaturated/α-hetero) is 1. The second kappa shape index (κ2) is 10.2. The maximum absolute atomic E-state index is 13.8. The van der Waals surface area contributed by atoms with Crippen molar-refractivity contribution in [3.63, 3.8) is 0 Å². The molecule has 30 heavy (non-hydrogen) atoms. The zero-order valence-corrected chi connectivity index (χ0v) is 16.9. The summed E-state index contributed by atoms with van der Waals surface area (Å²) in [5.74, 6) is 0.650. The lowest BCUT2D eigenvalue weighted by molar-refractivity contribution is -0.384. The number of rotatable bonds is 9. The number of nitrogens with zero attached hydrogens (tertiary/aromatic N) is 2. The molecule has 8 heteroatoms. The van der Waals surface area contributed by atoms with E-state index in [4.69, 9.17) is 9.47 Å². The van der Waals surface area contributed by atoms with Gasteiger partial charge in [-0.25, -0.2) is 4.39 Å². The summed E-state index contributed by atoms with van der Waals surface area (Å²) in [4.78, 5) is 24.7. The first kappa shape index (κ1) is 21.7. The maximum Gasteiger partial charge on any atom is 0.269 e. The number of carbonyl (C=O) groups is 1. The summed E-state index contributed by atoms with van der Waals surface area (Å²) in [5.41, 5.74) is 0.886. The van der Waals surface area contributed by atoms with Gasteiger partial charge in [-0.3, -0.25) is 19.8 Å². The van der Waals surface area contributed by atoms with Crippen LogP contribution in [0.3, 0.4) is 0 Å². The Bertz CT molecular complexity index is 880. The predicted molar refractivity (Wildman–Crippen MR) is 109 cm³/mol. The Labute approximate surface area is 174 Å². The van der Waals surface area contributed by atoms with Crippen molar-refractivity contribution in [1.82, 2.24) is 4.90 Å². The Hall–Kier alpha value is -3.00. The standard InChI is InChI=1S/C22H25FN2O5/c1-29-22-7-2-17(13-21(22)23)14-24-10-8-16(9-11-24)12-19(26)15-30-20-5-3-18(4-6-20)25(27)28/h2-7,13,16H,8-12,14-15H2,1H3. The molecule has 0 unspecified atom stereocenters. The number of benzene rings is 2. The average molecular weight is 416 g/mol. The van der Waals surface area contributed by atoms with Crippen LogP contribution < -0.4 is 9.47 Å². The number of ketones is 1. The minimum Gasteiger partial charge on any atom is -0.494 e. The van der Waals surface area contributed by atoms with E-state index in [0.29, 0.717) is 24.6 Å². The lowest BCUT2D eigenvalue weighted by Gasteiger charge is -2.31. The highest BCUT2D eigenvalue weighted by Gasteiger charge is 2.22. The second-order valence-electron chi connectivity index (χ2n) is 7.47. The second-order valence-corrected chi connectivity index (χ2v) is 7.47. The molecule has 0 aliphatic carbocycles. The van der Waals surface area contributed by atoms with Crippen LogP contribution in [-0.4, -0.2) is 42.4 Å². The molecule has 2 aromatic carbocycles. The van der Waals surface area contributed by atoms with Gasteiger partial charge >= 0.3 is 0 Å². The van der Waals surface area contributed by atoms with Crippen molar-refractivity contribution >= 4 is 11.5 Å². The van der Waals surface area contributed by atoms with Gasteiger partial charge in [0.2, 0.25) is 0 Å². The fourth-order valence-electron chi connectivity index (χ4n) is 3.62. The molecule has 1 heterocycles. The Balaban J connectivity index is 1.39. The van der Waals surface area contributed by atoms with Crippen molar-refractivity contribution in [2.24, 2.45) is 5.92 Å². The van der Waals surface area contributed by atoms with Gasteiger partial charge in [-0.1, -0.05) is 6.07 Å². The Kier molecular flexibility index (Phi) is 7.35. The Morgan fingerprint density at radius 1 is 1.20 bits per heavy atom. The van der Waals surface area contributed by atoms with Crippen LogP contribution in [0.15, 0.2) is 42.5 Å². The van der Waals surface area contributed by atoms with Gasteiger partial charge in [0.25, 0.3) is 5.69 Å². The number of methoxy groups -OCH3 is 1. The Morgan fingerprint density at radius 2 is 1.90 bits per heavy atom. The SMILES string of the molecule is COc1ccc(CN2CCC(CC(=O)COc3ccc([N+](=O)[O-])cc3)CC2)cc1F. The van der Waals surface area contributed by atoms with Crippen molar-refractivity contribution in [3.8, 4) is 11.5 Å². The molecule has 0 saturated carbocycles. The molecule has 0 radical (unpaired) electrons. The van der Waals surface area contributed by atoms with E-state index >= 15 is 0 Å². The van der Waals surface area contributed by atoms with E-state index < -0.39 is 4.92 Å². The summed E-state index contributed by atoms with van der Waals surface area (Å²) in [7, 11) is 1.45. The van der Waals surface area contributed by atoms with Gasteiger partial charge in [0.1, 0.15) is 12.4 Å². The zero-order valence-electron chi connectivity index (χ0n) is 16.9. The van der Waals surface area contributed by atoms with Crippen molar-refractivity contribution in [2.75, 3.05) is 26.8 Å². The van der Waals surface area contributed by atoms with Crippen molar-refractivity contribution in [2.45, 2.75) is 25.8 Å². The number of likely N-dealkylation sites (tertiary alicyclic amines) is 1. The zero-order chi connectivity index (χ0) is 21.5. The van der Waals surface area contributed by atoms with Crippen LogP contribution in [-0.2, 0) is 11.3 Å². The first-order valence-corrected chi connectivity index (χ1v) is 9.88. The minimum absolute atomic E-state index is 0.0159. The topological polar surface area (TPSA) is 81.9 Å². The number of hydrogen-bond donors (Lipinski definition) is 0. The number of carbonyl (C=O) groups excluding carboxylic acids is 1. The lowest BCUT2D eigenvalue weighted by atomic mass is 9.91. The molecule has 0 N–H and O–H groups in total. The smallest absolute Gasteiger partial charge is 0.269 e. The first-order valence-electron chi connectivity index (χ1n) is 9.88. The number of hydrogen-bond acceptors (Lipinski definition) is 6. The normalized spacial score (nSPS) is 15.0. The molecule has 1 aliphatic heterocycles.